The van der Waals surface area contributed by atoms with Crippen molar-refractivity contribution >= 4 is 23.6 Å². The first-order valence-corrected chi connectivity index (χ1v) is 7.01. The van der Waals surface area contributed by atoms with Crippen LogP contribution in [0.3, 0.4) is 0 Å². The zero-order chi connectivity index (χ0) is 12.5. The maximum Gasteiger partial charge on any atom is 0.256 e. The molecule has 0 aromatic carbocycles. The standard InChI is InChI=1S/C11H12N4OS2/c16-10-8-4-15(3-7-5-18-6-12-7)2-1-9(8)13-11(17)14-10/h5-6H,1-4H2,(H2,13,14,16,17). The molecule has 94 valence electrons. The lowest BCUT2D eigenvalue weighted by atomic mass is 10.1. The molecule has 2 N–H and O–H groups in total. The van der Waals surface area contributed by atoms with E-state index in [-0.39, 0.29) is 5.56 Å². The van der Waals surface area contributed by atoms with Crippen molar-refractivity contribution in [3.05, 3.63) is 43.0 Å². The van der Waals surface area contributed by atoms with Gasteiger partial charge in [0.2, 0.25) is 0 Å². The van der Waals surface area contributed by atoms with Crippen molar-refractivity contribution in [3.8, 4) is 0 Å². The molecule has 0 spiro atoms. The number of rotatable bonds is 2. The fourth-order valence-corrected chi connectivity index (χ4v) is 2.96. The number of aromatic amines is 2. The third-order valence-electron chi connectivity index (χ3n) is 3.06. The Balaban J connectivity index is 1.85. The molecular weight excluding hydrogens is 268 g/mol. The van der Waals surface area contributed by atoms with Gasteiger partial charge in [-0.1, -0.05) is 0 Å². The summed E-state index contributed by atoms with van der Waals surface area (Å²) in [5.41, 5.74) is 4.58. The normalized spacial score (nSPS) is 15.6. The van der Waals surface area contributed by atoms with E-state index in [1.807, 2.05) is 10.9 Å². The van der Waals surface area contributed by atoms with Crippen LogP contribution in [-0.4, -0.2) is 26.4 Å². The molecule has 0 bridgehead atoms. The monoisotopic (exact) mass is 280 g/mol. The topological polar surface area (TPSA) is 64.8 Å². The van der Waals surface area contributed by atoms with Crippen LogP contribution in [0.2, 0.25) is 0 Å². The first-order chi connectivity index (χ1) is 8.72. The second-order valence-corrected chi connectivity index (χ2v) is 5.43. The van der Waals surface area contributed by atoms with Crippen LogP contribution in [-0.2, 0) is 19.5 Å². The minimum Gasteiger partial charge on any atom is -0.335 e. The van der Waals surface area contributed by atoms with Crippen LogP contribution in [0.1, 0.15) is 17.0 Å². The number of fused-ring (bicyclic) bond motifs is 1. The van der Waals surface area contributed by atoms with Crippen LogP contribution in [0.25, 0.3) is 0 Å². The Morgan fingerprint density at radius 2 is 2.39 bits per heavy atom. The van der Waals surface area contributed by atoms with Crippen molar-refractivity contribution in [1.82, 2.24) is 19.9 Å². The van der Waals surface area contributed by atoms with E-state index in [2.05, 4.69) is 19.9 Å². The predicted octanol–water partition coefficient (Wildman–Crippen LogP) is 1.45. The molecule has 1 aliphatic heterocycles. The molecule has 2 aromatic heterocycles. The van der Waals surface area contributed by atoms with E-state index >= 15 is 0 Å². The van der Waals surface area contributed by atoms with Crippen molar-refractivity contribution in [3.63, 3.8) is 0 Å². The molecule has 5 nitrogen and oxygen atoms in total. The van der Waals surface area contributed by atoms with Crippen molar-refractivity contribution in [2.75, 3.05) is 6.54 Å². The smallest absolute Gasteiger partial charge is 0.256 e. The summed E-state index contributed by atoms with van der Waals surface area (Å²) >= 11 is 6.57. The summed E-state index contributed by atoms with van der Waals surface area (Å²) in [6, 6.07) is 0. The van der Waals surface area contributed by atoms with Crippen molar-refractivity contribution in [2.45, 2.75) is 19.5 Å². The van der Waals surface area contributed by atoms with E-state index in [1.54, 1.807) is 11.3 Å². The van der Waals surface area contributed by atoms with Gasteiger partial charge in [0.1, 0.15) is 0 Å². The van der Waals surface area contributed by atoms with Gasteiger partial charge in [-0.2, -0.15) is 0 Å². The van der Waals surface area contributed by atoms with E-state index in [0.717, 1.165) is 36.5 Å². The van der Waals surface area contributed by atoms with E-state index in [4.69, 9.17) is 12.2 Å². The van der Waals surface area contributed by atoms with Crippen molar-refractivity contribution in [1.29, 1.82) is 0 Å². The Morgan fingerprint density at radius 3 is 3.17 bits per heavy atom. The molecular formula is C11H12N4OS2. The molecule has 0 fully saturated rings. The average molecular weight is 280 g/mol. The quantitative estimate of drug-likeness (QED) is 0.817. The molecule has 0 aliphatic carbocycles. The highest BCUT2D eigenvalue weighted by Gasteiger charge is 2.19. The summed E-state index contributed by atoms with van der Waals surface area (Å²) < 4.78 is 0.409. The maximum atomic E-state index is 11.9. The summed E-state index contributed by atoms with van der Waals surface area (Å²) in [4.78, 5) is 24.1. The van der Waals surface area contributed by atoms with E-state index in [9.17, 15) is 4.79 Å². The number of nitrogens with zero attached hydrogens (tertiary/aromatic N) is 2. The summed E-state index contributed by atoms with van der Waals surface area (Å²) in [5.74, 6) is 0. The third kappa shape index (κ3) is 2.29. The number of H-pyrrole nitrogens is 2. The van der Waals surface area contributed by atoms with Crippen molar-refractivity contribution < 1.29 is 0 Å². The lowest BCUT2D eigenvalue weighted by molar-refractivity contribution is 0.239. The van der Waals surface area contributed by atoms with Gasteiger partial charge in [0.05, 0.1) is 16.8 Å². The van der Waals surface area contributed by atoms with Gasteiger partial charge >= 0.3 is 0 Å². The Hall–Kier alpha value is -1.31. The number of aromatic nitrogens is 3. The lowest BCUT2D eigenvalue weighted by Crippen LogP contribution is -2.35. The second kappa shape index (κ2) is 4.75. The molecule has 0 atom stereocenters. The molecule has 3 rings (SSSR count). The molecule has 1 aliphatic rings. The fraction of sp³-hybridized carbons (Fsp3) is 0.364. The first-order valence-electron chi connectivity index (χ1n) is 5.66. The Labute approximate surface area is 113 Å². The van der Waals surface area contributed by atoms with Crippen LogP contribution in [0.15, 0.2) is 15.7 Å². The van der Waals surface area contributed by atoms with Gasteiger partial charge < -0.3 is 4.98 Å². The first kappa shape index (κ1) is 11.8. The van der Waals surface area contributed by atoms with Crippen LogP contribution < -0.4 is 5.56 Å². The number of thiazole rings is 1. The Kier molecular flexibility index (Phi) is 3.11. The van der Waals surface area contributed by atoms with Crippen LogP contribution in [0.5, 0.6) is 0 Å². The van der Waals surface area contributed by atoms with Crippen LogP contribution in [0, 0.1) is 4.77 Å². The minimum atomic E-state index is -0.0725. The zero-order valence-electron chi connectivity index (χ0n) is 9.60. The molecule has 0 amide bonds. The summed E-state index contributed by atoms with van der Waals surface area (Å²) in [6.45, 7) is 2.35. The molecule has 0 saturated carbocycles. The molecule has 2 aromatic rings. The lowest BCUT2D eigenvalue weighted by Gasteiger charge is -2.26. The molecule has 0 saturated heterocycles. The van der Waals surface area contributed by atoms with Gasteiger partial charge in [-0.05, 0) is 12.2 Å². The highest BCUT2D eigenvalue weighted by Crippen LogP contribution is 2.15. The summed E-state index contributed by atoms with van der Waals surface area (Å²) in [7, 11) is 0. The SMILES string of the molecule is O=c1[nH]c(=S)[nH]c2c1CN(Cc1cscn1)CC2. The second-order valence-electron chi connectivity index (χ2n) is 4.31. The summed E-state index contributed by atoms with van der Waals surface area (Å²) in [5, 5.41) is 2.04. The minimum absolute atomic E-state index is 0.0725. The molecule has 0 radical (unpaired) electrons. The molecule has 3 heterocycles. The van der Waals surface area contributed by atoms with Gasteiger partial charge in [0.15, 0.2) is 4.77 Å². The van der Waals surface area contributed by atoms with Gasteiger partial charge in [-0.15, -0.1) is 11.3 Å². The third-order valence-corrected chi connectivity index (χ3v) is 3.90. The average Bonchev–Trinajstić information content (AvgIpc) is 2.83. The molecule has 7 heteroatoms. The van der Waals surface area contributed by atoms with Gasteiger partial charge in [-0.3, -0.25) is 14.7 Å². The van der Waals surface area contributed by atoms with E-state index in [1.165, 1.54) is 0 Å². The molecule has 0 unspecified atom stereocenters. The van der Waals surface area contributed by atoms with E-state index < -0.39 is 0 Å². The fourth-order valence-electron chi connectivity index (χ4n) is 2.19. The maximum absolute atomic E-state index is 11.9. The highest BCUT2D eigenvalue weighted by molar-refractivity contribution is 7.71. The summed E-state index contributed by atoms with van der Waals surface area (Å²) in [6.07, 6.45) is 0.826. The van der Waals surface area contributed by atoms with Gasteiger partial charge in [-0.25, -0.2) is 4.98 Å². The largest absolute Gasteiger partial charge is 0.335 e. The zero-order valence-corrected chi connectivity index (χ0v) is 11.2. The van der Waals surface area contributed by atoms with E-state index in [0.29, 0.717) is 11.3 Å². The Morgan fingerprint density at radius 1 is 1.50 bits per heavy atom. The predicted molar refractivity (Wildman–Crippen MR) is 72.2 cm³/mol. The Bertz CT molecular complexity index is 658. The van der Waals surface area contributed by atoms with Gasteiger partial charge in [0, 0.05) is 37.1 Å². The van der Waals surface area contributed by atoms with Gasteiger partial charge in [0.25, 0.3) is 5.56 Å². The van der Waals surface area contributed by atoms with Crippen LogP contribution in [0.4, 0.5) is 0 Å². The number of hydrogen-bond acceptors (Lipinski definition) is 5. The number of nitrogens with one attached hydrogen (secondary N) is 2. The van der Waals surface area contributed by atoms with Crippen LogP contribution >= 0.6 is 23.6 Å². The highest BCUT2D eigenvalue weighted by atomic mass is 32.1. The number of hydrogen-bond donors (Lipinski definition) is 2. The molecule has 18 heavy (non-hydrogen) atoms. The van der Waals surface area contributed by atoms with Crippen molar-refractivity contribution in [2.24, 2.45) is 0 Å².